The van der Waals surface area contributed by atoms with Crippen LogP contribution in [0.15, 0.2) is 48.5 Å². The fourth-order valence-electron chi connectivity index (χ4n) is 1.81. The Balaban J connectivity index is 1.58. The second-order valence-electron chi connectivity index (χ2n) is 4.70. The van der Waals surface area contributed by atoms with Gasteiger partial charge >= 0.3 is 0 Å². The minimum atomic E-state index is -0.328. The van der Waals surface area contributed by atoms with Gasteiger partial charge in [-0.15, -0.1) is 10.2 Å². The molecule has 1 amide bonds. The van der Waals surface area contributed by atoms with Crippen LogP contribution in [-0.2, 0) is 6.61 Å². The number of benzene rings is 2. The highest BCUT2D eigenvalue weighted by Crippen LogP contribution is 2.19. The van der Waals surface area contributed by atoms with Crippen molar-refractivity contribution >= 4 is 34.0 Å². The molecule has 122 valence electrons. The van der Waals surface area contributed by atoms with Gasteiger partial charge in [0.15, 0.2) is 5.01 Å². The lowest BCUT2D eigenvalue weighted by atomic mass is 10.2. The third-order valence-electron chi connectivity index (χ3n) is 2.97. The number of nitrogens with one attached hydrogen (secondary N) is 1. The van der Waals surface area contributed by atoms with Gasteiger partial charge in [-0.2, -0.15) is 0 Å². The molecular formula is C16H11ClFN3O2S. The van der Waals surface area contributed by atoms with Gasteiger partial charge in [0.05, 0.1) is 0 Å². The van der Waals surface area contributed by atoms with Crippen molar-refractivity contribution in [1.82, 2.24) is 10.2 Å². The molecule has 0 spiro atoms. The lowest BCUT2D eigenvalue weighted by Gasteiger charge is -2.02. The third kappa shape index (κ3) is 4.27. The molecule has 3 aromatic rings. The molecule has 8 heteroatoms. The molecule has 0 aliphatic carbocycles. The molecule has 0 aliphatic heterocycles. The molecule has 1 aromatic heterocycles. The Morgan fingerprint density at radius 2 is 1.83 bits per heavy atom. The van der Waals surface area contributed by atoms with Crippen LogP contribution in [0.2, 0.25) is 5.02 Å². The molecule has 3 rings (SSSR count). The van der Waals surface area contributed by atoms with Crippen molar-refractivity contribution in [1.29, 1.82) is 0 Å². The molecule has 1 heterocycles. The van der Waals surface area contributed by atoms with Crippen LogP contribution in [0, 0.1) is 5.82 Å². The number of ether oxygens (including phenoxy) is 1. The first-order valence-corrected chi connectivity index (χ1v) is 8.07. The fraction of sp³-hybridized carbons (Fsp3) is 0.0625. The third-order valence-corrected chi connectivity index (χ3v) is 4.03. The van der Waals surface area contributed by atoms with E-state index in [-0.39, 0.29) is 18.3 Å². The van der Waals surface area contributed by atoms with Crippen molar-refractivity contribution in [2.24, 2.45) is 0 Å². The first-order chi connectivity index (χ1) is 11.6. The summed E-state index contributed by atoms with van der Waals surface area (Å²) in [4.78, 5) is 12.1. The number of anilines is 1. The van der Waals surface area contributed by atoms with Crippen LogP contribution in [0.4, 0.5) is 9.52 Å². The second-order valence-corrected chi connectivity index (χ2v) is 6.20. The van der Waals surface area contributed by atoms with Gasteiger partial charge in [-0.25, -0.2) is 4.39 Å². The molecule has 24 heavy (non-hydrogen) atoms. The first-order valence-electron chi connectivity index (χ1n) is 6.88. The van der Waals surface area contributed by atoms with Gasteiger partial charge < -0.3 is 4.74 Å². The zero-order chi connectivity index (χ0) is 16.9. The van der Waals surface area contributed by atoms with Crippen molar-refractivity contribution in [3.05, 3.63) is 69.9 Å². The van der Waals surface area contributed by atoms with Gasteiger partial charge in [0.25, 0.3) is 5.91 Å². The minimum absolute atomic E-state index is 0.181. The number of nitrogens with zero attached hydrogens (tertiary/aromatic N) is 2. The average molecular weight is 364 g/mol. The van der Waals surface area contributed by atoms with Gasteiger partial charge in [0, 0.05) is 10.6 Å². The summed E-state index contributed by atoms with van der Waals surface area (Å²) in [5.74, 6) is -0.0994. The number of carbonyl (C=O) groups is 1. The van der Waals surface area contributed by atoms with Crippen molar-refractivity contribution in [3.8, 4) is 5.75 Å². The lowest BCUT2D eigenvalue weighted by molar-refractivity contribution is 0.102. The summed E-state index contributed by atoms with van der Waals surface area (Å²) in [6.45, 7) is 0.181. The van der Waals surface area contributed by atoms with Crippen LogP contribution in [0.5, 0.6) is 5.75 Å². The number of hydrogen-bond acceptors (Lipinski definition) is 5. The van der Waals surface area contributed by atoms with E-state index in [2.05, 4.69) is 15.5 Å². The molecule has 0 fully saturated rings. The van der Waals surface area contributed by atoms with Crippen molar-refractivity contribution in [2.75, 3.05) is 5.32 Å². The van der Waals surface area contributed by atoms with Crippen LogP contribution in [-0.4, -0.2) is 16.1 Å². The summed E-state index contributed by atoms with van der Waals surface area (Å²) < 4.78 is 18.3. The van der Waals surface area contributed by atoms with E-state index >= 15 is 0 Å². The molecule has 1 N–H and O–H groups in total. The predicted octanol–water partition coefficient (Wildman–Crippen LogP) is 4.16. The number of amides is 1. The molecule has 5 nitrogen and oxygen atoms in total. The highest BCUT2D eigenvalue weighted by atomic mass is 35.5. The number of aromatic nitrogens is 2. The summed E-state index contributed by atoms with van der Waals surface area (Å²) >= 11 is 6.99. The quantitative estimate of drug-likeness (QED) is 0.739. The summed E-state index contributed by atoms with van der Waals surface area (Å²) in [6.07, 6.45) is 0. The zero-order valence-electron chi connectivity index (χ0n) is 12.2. The number of hydrogen-bond donors (Lipinski definition) is 1. The van der Waals surface area contributed by atoms with Gasteiger partial charge in [-0.3, -0.25) is 10.1 Å². The van der Waals surface area contributed by atoms with E-state index in [1.807, 2.05) is 0 Å². The molecule has 0 saturated carbocycles. The Kier molecular flexibility index (Phi) is 5.02. The smallest absolute Gasteiger partial charge is 0.257 e. The van der Waals surface area contributed by atoms with E-state index in [1.54, 1.807) is 24.3 Å². The van der Waals surface area contributed by atoms with Crippen LogP contribution >= 0.6 is 22.9 Å². The molecule has 0 atom stereocenters. The lowest BCUT2D eigenvalue weighted by Crippen LogP contribution is -2.11. The van der Waals surface area contributed by atoms with E-state index in [0.717, 1.165) is 0 Å². The van der Waals surface area contributed by atoms with E-state index in [9.17, 15) is 9.18 Å². The Morgan fingerprint density at radius 1 is 1.12 bits per heavy atom. The van der Waals surface area contributed by atoms with Crippen molar-refractivity contribution in [3.63, 3.8) is 0 Å². The SMILES string of the molecule is O=C(Nc1nnc(COc2ccc(F)cc2)s1)c1ccc(Cl)cc1. The Bertz CT molecular complexity index is 837. The largest absolute Gasteiger partial charge is 0.486 e. The minimum Gasteiger partial charge on any atom is -0.486 e. The summed E-state index contributed by atoms with van der Waals surface area (Å²) in [5, 5.41) is 12.0. The first kappa shape index (κ1) is 16.4. The maximum Gasteiger partial charge on any atom is 0.257 e. The molecule has 2 aromatic carbocycles. The normalized spacial score (nSPS) is 10.4. The standard InChI is InChI=1S/C16H11ClFN3O2S/c17-11-3-1-10(2-4-11)15(22)19-16-21-20-14(24-16)9-23-13-7-5-12(18)6-8-13/h1-8H,9H2,(H,19,21,22). The maximum atomic E-state index is 12.8. The van der Waals surface area contributed by atoms with Gasteiger partial charge in [0.2, 0.25) is 5.13 Å². The Morgan fingerprint density at radius 3 is 2.54 bits per heavy atom. The monoisotopic (exact) mass is 363 g/mol. The average Bonchev–Trinajstić information content (AvgIpc) is 3.02. The highest BCUT2D eigenvalue weighted by Gasteiger charge is 2.10. The summed E-state index contributed by atoms with van der Waals surface area (Å²) in [5.41, 5.74) is 0.471. The summed E-state index contributed by atoms with van der Waals surface area (Å²) in [6, 6.07) is 12.2. The maximum absolute atomic E-state index is 12.8. The van der Waals surface area contributed by atoms with Gasteiger partial charge in [-0.1, -0.05) is 22.9 Å². The van der Waals surface area contributed by atoms with Crippen LogP contribution in [0.25, 0.3) is 0 Å². The molecule has 0 radical (unpaired) electrons. The predicted molar refractivity (Wildman–Crippen MR) is 90.0 cm³/mol. The molecular weight excluding hydrogens is 353 g/mol. The van der Waals surface area contributed by atoms with Gasteiger partial charge in [-0.05, 0) is 48.5 Å². The van der Waals surface area contributed by atoms with E-state index in [4.69, 9.17) is 16.3 Å². The number of rotatable bonds is 5. The molecule has 0 unspecified atom stereocenters. The van der Waals surface area contributed by atoms with Gasteiger partial charge in [0.1, 0.15) is 18.2 Å². The Hall–Kier alpha value is -2.51. The highest BCUT2D eigenvalue weighted by molar-refractivity contribution is 7.15. The Labute approximate surface area is 146 Å². The van der Waals surface area contributed by atoms with Crippen LogP contribution in [0.3, 0.4) is 0 Å². The van der Waals surface area contributed by atoms with Crippen LogP contribution in [0.1, 0.15) is 15.4 Å². The summed E-state index contributed by atoms with van der Waals surface area (Å²) in [7, 11) is 0. The second kappa shape index (κ2) is 7.37. The van der Waals surface area contributed by atoms with E-state index in [1.165, 1.54) is 35.6 Å². The van der Waals surface area contributed by atoms with Crippen LogP contribution < -0.4 is 10.1 Å². The van der Waals surface area contributed by atoms with E-state index < -0.39 is 0 Å². The van der Waals surface area contributed by atoms with Crippen molar-refractivity contribution < 1.29 is 13.9 Å². The zero-order valence-corrected chi connectivity index (χ0v) is 13.8. The molecule has 0 bridgehead atoms. The van der Waals surface area contributed by atoms with E-state index in [0.29, 0.717) is 26.5 Å². The number of carbonyl (C=O) groups excluding carboxylic acids is 1. The van der Waals surface area contributed by atoms with Crippen molar-refractivity contribution in [2.45, 2.75) is 6.61 Å². The number of halogens is 2. The molecule has 0 aliphatic rings. The fourth-order valence-corrected chi connectivity index (χ4v) is 2.58. The topological polar surface area (TPSA) is 64.1 Å². The molecule has 0 saturated heterocycles.